The van der Waals surface area contributed by atoms with Gasteiger partial charge in [-0.05, 0) is 17.7 Å². The van der Waals surface area contributed by atoms with E-state index in [-0.39, 0.29) is 0 Å². The van der Waals surface area contributed by atoms with E-state index < -0.39 is 6.10 Å². The zero-order valence-corrected chi connectivity index (χ0v) is 13.0. The Labute approximate surface area is 135 Å². The number of hydrogen-bond donors (Lipinski definition) is 1. The van der Waals surface area contributed by atoms with Gasteiger partial charge in [-0.3, -0.25) is 4.90 Å². The SMILES string of the molecule is Cn1cnnc1CN(Cc1ccccc1)CC(O)c1ccco1. The predicted molar refractivity (Wildman–Crippen MR) is 85.2 cm³/mol. The number of hydrogen-bond acceptors (Lipinski definition) is 5. The number of nitrogens with zero attached hydrogens (tertiary/aromatic N) is 4. The number of aryl methyl sites for hydroxylation is 1. The van der Waals surface area contributed by atoms with Crippen LogP contribution in [0.25, 0.3) is 0 Å². The molecule has 6 heteroatoms. The molecule has 2 heterocycles. The van der Waals surface area contributed by atoms with Crippen molar-refractivity contribution in [1.29, 1.82) is 0 Å². The van der Waals surface area contributed by atoms with Crippen LogP contribution in [-0.4, -0.2) is 31.3 Å². The highest BCUT2D eigenvalue weighted by Gasteiger charge is 2.18. The summed E-state index contributed by atoms with van der Waals surface area (Å²) in [6.45, 7) is 1.77. The first-order chi connectivity index (χ1) is 11.2. The van der Waals surface area contributed by atoms with Crippen LogP contribution in [0.4, 0.5) is 0 Å². The molecule has 0 radical (unpaired) electrons. The number of aliphatic hydroxyl groups is 1. The summed E-state index contributed by atoms with van der Waals surface area (Å²) in [7, 11) is 1.92. The third-order valence-corrected chi connectivity index (χ3v) is 3.72. The molecule has 3 aromatic rings. The standard InChI is InChI=1S/C17H20N4O2/c1-20-13-18-19-17(20)12-21(10-14-6-3-2-4-7-14)11-15(22)16-8-5-9-23-16/h2-9,13,15,22H,10-12H2,1H3. The summed E-state index contributed by atoms with van der Waals surface area (Å²) in [5, 5.41) is 18.4. The highest BCUT2D eigenvalue weighted by atomic mass is 16.4. The van der Waals surface area contributed by atoms with Crippen LogP contribution in [0.2, 0.25) is 0 Å². The second kappa shape index (κ2) is 7.21. The molecule has 0 amide bonds. The lowest BCUT2D eigenvalue weighted by molar-refractivity contribution is 0.0855. The lowest BCUT2D eigenvalue weighted by Gasteiger charge is -2.24. The second-order valence-electron chi connectivity index (χ2n) is 5.54. The molecule has 0 aliphatic rings. The fraction of sp³-hybridized carbons (Fsp3) is 0.294. The van der Waals surface area contributed by atoms with E-state index in [1.807, 2.05) is 29.8 Å². The van der Waals surface area contributed by atoms with E-state index in [1.54, 1.807) is 24.7 Å². The minimum absolute atomic E-state index is 0.454. The van der Waals surface area contributed by atoms with Gasteiger partial charge in [0.2, 0.25) is 0 Å². The molecule has 6 nitrogen and oxygen atoms in total. The lowest BCUT2D eigenvalue weighted by Crippen LogP contribution is -2.29. The Kier molecular flexibility index (Phi) is 4.85. The van der Waals surface area contributed by atoms with Gasteiger partial charge in [0.15, 0.2) is 0 Å². The Hall–Kier alpha value is -2.44. The molecule has 0 saturated heterocycles. The molecule has 1 unspecified atom stereocenters. The maximum Gasteiger partial charge on any atom is 0.146 e. The van der Waals surface area contributed by atoms with E-state index in [4.69, 9.17) is 4.42 Å². The highest BCUT2D eigenvalue weighted by molar-refractivity contribution is 5.14. The van der Waals surface area contributed by atoms with Gasteiger partial charge < -0.3 is 14.1 Å². The maximum absolute atomic E-state index is 10.4. The molecule has 0 aliphatic carbocycles. The average molecular weight is 312 g/mol. The van der Waals surface area contributed by atoms with Crippen molar-refractivity contribution in [1.82, 2.24) is 19.7 Å². The summed E-state index contributed by atoms with van der Waals surface area (Å²) in [4.78, 5) is 2.13. The van der Waals surface area contributed by atoms with Crippen LogP contribution in [0.5, 0.6) is 0 Å². The van der Waals surface area contributed by atoms with Crippen molar-refractivity contribution in [2.45, 2.75) is 19.2 Å². The van der Waals surface area contributed by atoms with Crippen LogP contribution < -0.4 is 0 Å². The van der Waals surface area contributed by atoms with Crippen LogP contribution in [0.15, 0.2) is 59.5 Å². The number of aliphatic hydroxyl groups excluding tert-OH is 1. The fourth-order valence-electron chi connectivity index (χ4n) is 2.49. The van der Waals surface area contributed by atoms with Gasteiger partial charge in [0.05, 0.1) is 12.8 Å². The summed E-state index contributed by atoms with van der Waals surface area (Å²) in [6, 6.07) is 13.7. The van der Waals surface area contributed by atoms with E-state index in [9.17, 15) is 5.11 Å². The van der Waals surface area contributed by atoms with Gasteiger partial charge in [-0.15, -0.1) is 10.2 Å². The number of benzene rings is 1. The van der Waals surface area contributed by atoms with Crippen LogP contribution >= 0.6 is 0 Å². The second-order valence-corrected chi connectivity index (χ2v) is 5.54. The van der Waals surface area contributed by atoms with Gasteiger partial charge in [0, 0.05) is 20.1 Å². The van der Waals surface area contributed by atoms with Crippen molar-refractivity contribution >= 4 is 0 Å². The molecule has 1 N–H and O–H groups in total. The fourth-order valence-corrected chi connectivity index (χ4v) is 2.49. The van der Waals surface area contributed by atoms with Crippen LogP contribution in [0, 0.1) is 0 Å². The largest absolute Gasteiger partial charge is 0.467 e. The third kappa shape index (κ3) is 4.06. The third-order valence-electron chi connectivity index (χ3n) is 3.72. The molecule has 0 saturated carbocycles. The van der Waals surface area contributed by atoms with Gasteiger partial charge in [-0.1, -0.05) is 30.3 Å². The van der Waals surface area contributed by atoms with Gasteiger partial charge in [-0.25, -0.2) is 0 Å². The molecule has 0 aliphatic heterocycles. The smallest absolute Gasteiger partial charge is 0.146 e. The van der Waals surface area contributed by atoms with Crippen LogP contribution in [0.1, 0.15) is 23.3 Å². The van der Waals surface area contributed by atoms with Crippen LogP contribution in [-0.2, 0) is 20.1 Å². The molecule has 2 aromatic heterocycles. The maximum atomic E-state index is 10.4. The topological polar surface area (TPSA) is 67.3 Å². The van der Waals surface area contributed by atoms with Crippen molar-refractivity contribution in [3.8, 4) is 0 Å². The van der Waals surface area contributed by atoms with Gasteiger partial charge >= 0.3 is 0 Å². The Morgan fingerprint density at radius 2 is 2.00 bits per heavy atom. The van der Waals surface area contributed by atoms with Gasteiger partial charge in [0.25, 0.3) is 0 Å². The zero-order valence-electron chi connectivity index (χ0n) is 13.0. The molecule has 1 aromatic carbocycles. The minimum Gasteiger partial charge on any atom is -0.467 e. The number of furan rings is 1. The van der Waals surface area contributed by atoms with E-state index in [0.29, 0.717) is 25.4 Å². The summed E-state index contributed by atoms with van der Waals surface area (Å²) < 4.78 is 7.18. The summed E-state index contributed by atoms with van der Waals surface area (Å²) >= 11 is 0. The van der Waals surface area contributed by atoms with Crippen molar-refractivity contribution in [3.05, 3.63) is 72.2 Å². The van der Waals surface area contributed by atoms with E-state index in [1.165, 1.54) is 5.56 Å². The Bertz CT molecular complexity index is 709. The molecule has 1 atom stereocenters. The predicted octanol–water partition coefficient (Wildman–Crippen LogP) is 2.14. The van der Waals surface area contributed by atoms with Crippen molar-refractivity contribution in [2.24, 2.45) is 7.05 Å². The van der Waals surface area contributed by atoms with Gasteiger partial charge in [-0.2, -0.15) is 0 Å². The Morgan fingerprint density at radius 1 is 1.17 bits per heavy atom. The highest BCUT2D eigenvalue weighted by Crippen LogP contribution is 2.17. The summed E-state index contributed by atoms with van der Waals surface area (Å²) in [5.41, 5.74) is 1.18. The van der Waals surface area contributed by atoms with Crippen molar-refractivity contribution in [2.75, 3.05) is 6.54 Å². The molecular formula is C17H20N4O2. The summed E-state index contributed by atoms with van der Waals surface area (Å²) in [6.07, 6.45) is 2.57. The monoisotopic (exact) mass is 312 g/mol. The molecule has 3 rings (SSSR count). The average Bonchev–Trinajstić information content (AvgIpc) is 3.21. The van der Waals surface area contributed by atoms with E-state index >= 15 is 0 Å². The molecular weight excluding hydrogens is 292 g/mol. The van der Waals surface area contributed by atoms with Crippen molar-refractivity contribution < 1.29 is 9.52 Å². The van der Waals surface area contributed by atoms with Crippen LogP contribution in [0.3, 0.4) is 0 Å². The molecule has 23 heavy (non-hydrogen) atoms. The van der Waals surface area contributed by atoms with Gasteiger partial charge in [0.1, 0.15) is 24.0 Å². The Morgan fingerprint density at radius 3 is 2.65 bits per heavy atom. The normalized spacial score (nSPS) is 12.7. The van der Waals surface area contributed by atoms with E-state index in [0.717, 1.165) is 5.82 Å². The first-order valence-corrected chi connectivity index (χ1v) is 7.53. The first kappa shape index (κ1) is 15.5. The number of rotatable bonds is 7. The number of aromatic nitrogens is 3. The zero-order chi connectivity index (χ0) is 16.1. The molecule has 0 spiro atoms. The minimum atomic E-state index is -0.679. The summed E-state index contributed by atoms with van der Waals surface area (Å²) in [5.74, 6) is 1.42. The Balaban J connectivity index is 1.74. The molecule has 120 valence electrons. The molecule has 0 bridgehead atoms. The lowest BCUT2D eigenvalue weighted by atomic mass is 10.2. The first-order valence-electron chi connectivity index (χ1n) is 7.53. The van der Waals surface area contributed by atoms with E-state index in [2.05, 4.69) is 27.2 Å². The molecule has 0 fully saturated rings. The van der Waals surface area contributed by atoms with Crippen molar-refractivity contribution in [3.63, 3.8) is 0 Å². The quantitative estimate of drug-likeness (QED) is 0.724.